The van der Waals surface area contributed by atoms with Crippen molar-refractivity contribution >= 4 is 23.4 Å². The second-order valence-corrected chi connectivity index (χ2v) is 8.35. The zero-order valence-corrected chi connectivity index (χ0v) is 19.1. The lowest BCUT2D eigenvalue weighted by atomic mass is 10.1. The fraction of sp³-hybridized carbons (Fsp3) is 0.200. The van der Waals surface area contributed by atoms with Gasteiger partial charge in [-0.15, -0.1) is 0 Å². The average molecular weight is 448 g/mol. The first-order valence-electron chi connectivity index (χ1n) is 10.3. The van der Waals surface area contributed by atoms with E-state index < -0.39 is 0 Å². The summed E-state index contributed by atoms with van der Waals surface area (Å²) >= 11 is 1.40. The van der Waals surface area contributed by atoms with Gasteiger partial charge in [0, 0.05) is 11.3 Å². The smallest absolute Gasteiger partial charge is 0.234 e. The normalized spacial score (nSPS) is 10.8. The molecule has 2 heterocycles. The number of benzene rings is 2. The third kappa shape index (κ3) is 4.89. The number of imidazole rings is 1. The van der Waals surface area contributed by atoms with Gasteiger partial charge in [0.2, 0.25) is 5.91 Å². The van der Waals surface area contributed by atoms with E-state index in [1.807, 2.05) is 74.6 Å². The summed E-state index contributed by atoms with van der Waals surface area (Å²) in [6, 6.07) is 17.5. The van der Waals surface area contributed by atoms with E-state index in [4.69, 9.17) is 9.15 Å². The van der Waals surface area contributed by atoms with E-state index in [0.29, 0.717) is 6.54 Å². The third-order valence-electron chi connectivity index (χ3n) is 5.31. The van der Waals surface area contributed by atoms with E-state index in [1.54, 1.807) is 13.4 Å². The predicted molar refractivity (Wildman–Crippen MR) is 127 cm³/mol. The number of anilines is 1. The summed E-state index contributed by atoms with van der Waals surface area (Å²) in [5.41, 5.74) is 5.02. The largest absolute Gasteiger partial charge is 0.497 e. The number of carbonyl (C=O) groups is 1. The summed E-state index contributed by atoms with van der Waals surface area (Å²) < 4.78 is 12.9. The van der Waals surface area contributed by atoms with Crippen LogP contribution in [0, 0.1) is 13.8 Å². The fourth-order valence-corrected chi connectivity index (χ4v) is 4.16. The van der Waals surface area contributed by atoms with Gasteiger partial charge >= 0.3 is 0 Å². The van der Waals surface area contributed by atoms with Crippen LogP contribution in [0.5, 0.6) is 5.75 Å². The van der Waals surface area contributed by atoms with Gasteiger partial charge < -0.3 is 19.0 Å². The van der Waals surface area contributed by atoms with Crippen LogP contribution in [-0.2, 0) is 11.3 Å². The number of aryl methyl sites for hydroxylation is 1. The molecule has 0 atom stereocenters. The quantitative estimate of drug-likeness (QED) is 0.359. The minimum absolute atomic E-state index is 0.0674. The number of furan rings is 1. The molecule has 0 aliphatic rings. The molecule has 0 saturated carbocycles. The molecule has 0 saturated heterocycles. The lowest BCUT2D eigenvalue weighted by Gasteiger charge is -2.12. The van der Waals surface area contributed by atoms with E-state index >= 15 is 0 Å². The van der Waals surface area contributed by atoms with Gasteiger partial charge in [-0.3, -0.25) is 4.79 Å². The molecule has 0 bridgehead atoms. The van der Waals surface area contributed by atoms with Crippen LogP contribution in [0.15, 0.2) is 76.6 Å². The minimum Gasteiger partial charge on any atom is -0.497 e. The van der Waals surface area contributed by atoms with Crippen molar-refractivity contribution in [2.75, 3.05) is 18.2 Å². The maximum absolute atomic E-state index is 12.6. The van der Waals surface area contributed by atoms with Crippen molar-refractivity contribution in [3.63, 3.8) is 0 Å². The van der Waals surface area contributed by atoms with Crippen LogP contribution >= 0.6 is 11.8 Å². The van der Waals surface area contributed by atoms with Gasteiger partial charge in [0.25, 0.3) is 0 Å². The van der Waals surface area contributed by atoms with Crippen molar-refractivity contribution in [3.05, 3.63) is 83.9 Å². The minimum atomic E-state index is -0.0674. The molecular weight excluding hydrogens is 422 g/mol. The number of hydrogen-bond donors (Lipinski definition) is 1. The van der Waals surface area contributed by atoms with Crippen molar-refractivity contribution in [2.45, 2.75) is 25.5 Å². The Labute approximate surface area is 191 Å². The van der Waals surface area contributed by atoms with Crippen LogP contribution in [0.2, 0.25) is 0 Å². The predicted octanol–water partition coefficient (Wildman–Crippen LogP) is 5.55. The Bertz CT molecular complexity index is 1200. The zero-order valence-electron chi connectivity index (χ0n) is 18.3. The van der Waals surface area contributed by atoms with E-state index in [-0.39, 0.29) is 11.7 Å². The van der Waals surface area contributed by atoms with Crippen LogP contribution in [-0.4, -0.2) is 28.3 Å². The number of aromatic nitrogens is 2. The molecule has 0 fully saturated rings. The molecular formula is C25H25N3O3S. The molecule has 0 unspecified atom stereocenters. The standard InChI is InChI=1S/C25H25N3O3S/c1-17-6-4-8-22(18(17)2)27-24(29)16-32-25-26-14-23(19-9-11-20(30-3)12-10-19)28(25)15-21-7-5-13-31-21/h4-14H,15-16H2,1-3H3,(H,27,29). The molecule has 1 amide bonds. The summed E-state index contributed by atoms with van der Waals surface area (Å²) in [5.74, 6) is 1.80. The molecule has 0 spiro atoms. The Hall–Kier alpha value is -3.45. The summed E-state index contributed by atoms with van der Waals surface area (Å²) in [6.07, 6.45) is 3.49. The molecule has 4 aromatic rings. The molecule has 4 rings (SSSR count). The van der Waals surface area contributed by atoms with Gasteiger partial charge in [-0.25, -0.2) is 4.98 Å². The highest BCUT2D eigenvalue weighted by atomic mass is 32.2. The second-order valence-electron chi connectivity index (χ2n) is 7.40. The Morgan fingerprint density at radius 2 is 1.94 bits per heavy atom. The van der Waals surface area contributed by atoms with Gasteiger partial charge in [0.1, 0.15) is 11.5 Å². The molecule has 164 valence electrons. The number of amides is 1. The first-order valence-corrected chi connectivity index (χ1v) is 11.2. The third-order valence-corrected chi connectivity index (χ3v) is 6.30. The highest BCUT2D eigenvalue weighted by Gasteiger charge is 2.16. The number of nitrogens with zero attached hydrogens (tertiary/aromatic N) is 2. The van der Waals surface area contributed by atoms with Crippen molar-refractivity contribution in [3.8, 4) is 17.0 Å². The van der Waals surface area contributed by atoms with Crippen molar-refractivity contribution in [2.24, 2.45) is 0 Å². The summed E-state index contributed by atoms with van der Waals surface area (Å²) in [7, 11) is 1.65. The molecule has 2 aromatic carbocycles. The highest BCUT2D eigenvalue weighted by molar-refractivity contribution is 7.99. The van der Waals surface area contributed by atoms with Crippen molar-refractivity contribution in [1.29, 1.82) is 0 Å². The molecule has 2 aromatic heterocycles. The topological polar surface area (TPSA) is 69.3 Å². The lowest BCUT2D eigenvalue weighted by Crippen LogP contribution is -2.15. The maximum Gasteiger partial charge on any atom is 0.234 e. The monoisotopic (exact) mass is 447 g/mol. The second kappa shape index (κ2) is 9.78. The SMILES string of the molecule is COc1ccc(-c2cnc(SCC(=O)Nc3cccc(C)c3C)n2Cc2ccco2)cc1. The number of nitrogens with one attached hydrogen (secondary N) is 1. The highest BCUT2D eigenvalue weighted by Crippen LogP contribution is 2.29. The molecule has 1 N–H and O–H groups in total. The number of carbonyl (C=O) groups excluding carboxylic acids is 1. The lowest BCUT2D eigenvalue weighted by molar-refractivity contribution is -0.113. The van der Waals surface area contributed by atoms with Crippen LogP contribution in [0.25, 0.3) is 11.3 Å². The van der Waals surface area contributed by atoms with E-state index in [9.17, 15) is 4.79 Å². The molecule has 32 heavy (non-hydrogen) atoms. The van der Waals surface area contributed by atoms with Gasteiger partial charge in [0.15, 0.2) is 5.16 Å². The molecule has 0 aliphatic carbocycles. The van der Waals surface area contributed by atoms with Crippen LogP contribution in [0.4, 0.5) is 5.69 Å². The molecule has 6 nitrogen and oxygen atoms in total. The number of methoxy groups -OCH3 is 1. The van der Waals surface area contributed by atoms with Crippen molar-refractivity contribution in [1.82, 2.24) is 9.55 Å². The number of hydrogen-bond acceptors (Lipinski definition) is 5. The zero-order chi connectivity index (χ0) is 22.5. The van der Waals surface area contributed by atoms with E-state index in [2.05, 4.69) is 14.9 Å². The fourth-order valence-electron chi connectivity index (χ4n) is 3.38. The summed E-state index contributed by atoms with van der Waals surface area (Å²) in [5, 5.41) is 3.76. The Balaban J connectivity index is 1.54. The number of ether oxygens (including phenoxy) is 1. The molecule has 0 aliphatic heterocycles. The summed E-state index contributed by atoms with van der Waals surface area (Å²) in [6.45, 7) is 4.57. The molecule has 0 radical (unpaired) electrons. The van der Waals surface area contributed by atoms with Gasteiger partial charge in [-0.05, 0) is 67.4 Å². The Morgan fingerprint density at radius 1 is 1.12 bits per heavy atom. The van der Waals surface area contributed by atoms with Crippen molar-refractivity contribution < 1.29 is 13.9 Å². The van der Waals surface area contributed by atoms with Crippen LogP contribution in [0.3, 0.4) is 0 Å². The van der Waals surface area contributed by atoms with E-state index in [0.717, 1.165) is 44.7 Å². The van der Waals surface area contributed by atoms with Crippen LogP contribution < -0.4 is 10.1 Å². The van der Waals surface area contributed by atoms with E-state index in [1.165, 1.54) is 11.8 Å². The van der Waals surface area contributed by atoms with Crippen LogP contribution in [0.1, 0.15) is 16.9 Å². The van der Waals surface area contributed by atoms with Gasteiger partial charge in [0.05, 0.1) is 37.6 Å². The summed E-state index contributed by atoms with van der Waals surface area (Å²) in [4.78, 5) is 17.2. The number of rotatable bonds is 8. The average Bonchev–Trinajstić information content (AvgIpc) is 3.46. The van der Waals surface area contributed by atoms with Gasteiger partial charge in [-0.1, -0.05) is 23.9 Å². The first kappa shape index (κ1) is 21.8. The Kier molecular flexibility index (Phi) is 6.66. The number of thioether (sulfide) groups is 1. The molecule has 7 heteroatoms. The Morgan fingerprint density at radius 3 is 2.66 bits per heavy atom. The first-order chi connectivity index (χ1) is 15.5. The maximum atomic E-state index is 12.6. The van der Waals surface area contributed by atoms with Gasteiger partial charge in [-0.2, -0.15) is 0 Å².